The van der Waals surface area contributed by atoms with E-state index in [-0.39, 0.29) is 5.91 Å². The van der Waals surface area contributed by atoms with Gasteiger partial charge in [0.15, 0.2) is 5.96 Å². The van der Waals surface area contributed by atoms with Gasteiger partial charge < -0.3 is 15.5 Å². The van der Waals surface area contributed by atoms with Crippen molar-refractivity contribution < 1.29 is 4.79 Å². The van der Waals surface area contributed by atoms with Gasteiger partial charge in [-0.1, -0.05) is 36.4 Å². The van der Waals surface area contributed by atoms with Crippen LogP contribution in [0.3, 0.4) is 0 Å². The van der Waals surface area contributed by atoms with Crippen molar-refractivity contribution in [2.75, 3.05) is 20.6 Å². The maximum absolute atomic E-state index is 11.6. The van der Waals surface area contributed by atoms with E-state index in [9.17, 15) is 4.79 Å². The van der Waals surface area contributed by atoms with Crippen LogP contribution in [-0.2, 0) is 19.5 Å². The van der Waals surface area contributed by atoms with E-state index >= 15 is 0 Å². The van der Waals surface area contributed by atoms with E-state index in [1.54, 1.807) is 7.05 Å². The molecular weight excluding hydrogens is 312 g/mol. The van der Waals surface area contributed by atoms with E-state index in [0.29, 0.717) is 12.1 Å². The van der Waals surface area contributed by atoms with E-state index in [1.807, 2.05) is 31.3 Å². The smallest absolute Gasteiger partial charge is 0.251 e. The van der Waals surface area contributed by atoms with E-state index in [1.165, 1.54) is 11.1 Å². The van der Waals surface area contributed by atoms with Gasteiger partial charge in [-0.3, -0.25) is 9.79 Å². The van der Waals surface area contributed by atoms with Gasteiger partial charge in [0.25, 0.3) is 5.91 Å². The fraction of sp³-hybridized carbons (Fsp3) is 0.300. The van der Waals surface area contributed by atoms with Crippen LogP contribution < -0.4 is 10.6 Å². The quantitative estimate of drug-likeness (QED) is 0.667. The van der Waals surface area contributed by atoms with E-state index < -0.39 is 0 Å². The number of benzene rings is 2. The molecule has 3 rings (SSSR count). The molecule has 1 amide bonds. The summed E-state index contributed by atoms with van der Waals surface area (Å²) in [6, 6.07) is 16.2. The third kappa shape index (κ3) is 3.99. The molecule has 130 valence electrons. The summed E-state index contributed by atoms with van der Waals surface area (Å²) >= 11 is 0. The lowest BCUT2D eigenvalue weighted by Gasteiger charge is -2.31. The van der Waals surface area contributed by atoms with Crippen molar-refractivity contribution in [1.29, 1.82) is 0 Å². The molecule has 0 aromatic heterocycles. The van der Waals surface area contributed by atoms with Crippen molar-refractivity contribution in [3.63, 3.8) is 0 Å². The summed E-state index contributed by atoms with van der Waals surface area (Å²) < 4.78 is 0. The molecule has 0 saturated heterocycles. The summed E-state index contributed by atoms with van der Waals surface area (Å²) in [5.41, 5.74) is 4.58. The summed E-state index contributed by atoms with van der Waals surface area (Å²) in [7, 11) is 3.45. The first-order valence-electron chi connectivity index (χ1n) is 8.54. The van der Waals surface area contributed by atoms with Gasteiger partial charge in [0.2, 0.25) is 0 Å². The minimum absolute atomic E-state index is 0.0673. The molecule has 2 N–H and O–H groups in total. The number of hydrogen-bond donors (Lipinski definition) is 2. The number of rotatable bonds is 3. The van der Waals surface area contributed by atoms with Crippen LogP contribution in [0.5, 0.6) is 0 Å². The molecule has 2 aromatic rings. The second-order valence-corrected chi connectivity index (χ2v) is 6.12. The van der Waals surface area contributed by atoms with E-state index in [0.717, 1.165) is 31.0 Å². The van der Waals surface area contributed by atoms with Gasteiger partial charge in [-0.05, 0) is 35.2 Å². The summed E-state index contributed by atoms with van der Waals surface area (Å²) in [6.45, 7) is 2.52. The molecule has 0 radical (unpaired) electrons. The molecule has 0 saturated carbocycles. The number of carbonyl (C=O) groups excluding carboxylic acids is 1. The third-order valence-electron chi connectivity index (χ3n) is 4.54. The van der Waals surface area contributed by atoms with Gasteiger partial charge in [0.1, 0.15) is 0 Å². The second kappa shape index (κ2) is 7.83. The maximum Gasteiger partial charge on any atom is 0.251 e. The Hall–Kier alpha value is -2.82. The van der Waals surface area contributed by atoms with Crippen LogP contribution in [0.25, 0.3) is 0 Å². The van der Waals surface area contributed by atoms with Gasteiger partial charge in [-0.2, -0.15) is 0 Å². The SMILES string of the molecule is CN=C(NCc1ccc(C(=O)NC)cc1)N1CCc2ccccc2C1. The number of nitrogens with zero attached hydrogens (tertiary/aromatic N) is 2. The van der Waals surface area contributed by atoms with Crippen LogP contribution in [0.15, 0.2) is 53.5 Å². The first-order chi connectivity index (χ1) is 12.2. The highest BCUT2D eigenvalue weighted by molar-refractivity contribution is 5.93. The van der Waals surface area contributed by atoms with Crippen LogP contribution in [-0.4, -0.2) is 37.4 Å². The highest BCUT2D eigenvalue weighted by atomic mass is 16.1. The molecular formula is C20H24N4O. The Morgan fingerprint density at radius 3 is 2.52 bits per heavy atom. The van der Waals surface area contributed by atoms with Gasteiger partial charge >= 0.3 is 0 Å². The number of guanidine groups is 1. The van der Waals surface area contributed by atoms with Gasteiger partial charge in [0, 0.05) is 39.3 Å². The number of nitrogens with one attached hydrogen (secondary N) is 2. The fourth-order valence-electron chi connectivity index (χ4n) is 3.11. The maximum atomic E-state index is 11.6. The number of carbonyl (C=O) groups is 1. The van der Waals surface area contributed by atoms with Crippen molar-refractivity contribution in [3.8, 4) is 0 Å². The predicted octanol–water partition coefficient (Wildman–Crippen LogP) is 2.18. The molecule has 1 aliphatic heterocycles. The van der Waals surface area contributed by atoms with Crippen molar-refractivity contribution in [2.45, 2.75) is 19.5 Å². The largest absolute Gasteiger partial charge is 0.355 e. The molecule has 0 atom stereocenters. The Bertz CT molecular complexity index is 768. The van der Waals surface area contributed by atoms with Crippen molar-refractivity contribution in [2.24, 2.45) is 4.99 Å². The van der Waals surface area contributed by atoms with E-state index in [2.05, 4.69) is 44.8 Å². The molecule has 5 nitrogen and oxygen atoms in total. The molecule has 0 aliphatic carbocycles. The van der Waals surface area contributed by atoms with Crippen LogP contribution in [0.1, 0.15) is 27.0 Å². The first kappa shape index (κ1) is 17.0. The topological polar surface area (TPSA) is 56.7 Å². The Kier molecular flexibility index (Phi) is 5.33. The Labute approximate surface area is 148 Å². The van der Waals surface area contributed by atoms with Crippen LogP contribution in [0, 0.1) is 0 Å². The number of fused-ring (bicyclic) bond motifs is 1. The summed E-state index contributed by atoms with van der Waals surface area (Å²) in [5, 5.41) is 6.06. The average Bonchev–Trinajstić information content (AvgIpc) is 2.68. The molecule has 0 spiro atoms. The molecule has 1 heterocycles. The zero-order valence-corrected chi connectivity index (χ0v) is 14.7. The van der Waals surface area contributed by atoms with Crippen molar-refractivity contribution >= 4 is 11.9 Å². The summed E-state index contributed by atoms with van der Waals surface area (Å²) in [5.74, 6) is 0.840. The monoisotopic (exact) mass is 336 g/mol. The minimum Gasteiger partial charge on any atom is -0.355 e. The predicted molar refractivity (Wildman–Crippen MR) is 101 cm³/mol. The van der Waals surface area contributed by atoms with Gasteiger partial charge in [-0.25, -0.2) is 0 Å². The van der Waals surface area contributed by atoms with E-state index in [4.69, 9.17) is 0 Å². The molecule has 5 heteroatoms. The van der Waals surface area contributed by atoms with Crippen molar-refractivity contribution in [3.05, 3.63) is 70.8 Å². The molecule has 1 aliphatic rings. The average molecular weight is 336 g/mol. The van der Waals surface area contributed by atoms with Gasteiger partial charge in [-0.15, -0.1) is 0 Å². The molecule has 0 bridgehead atoms. The Balaban J connectivity index is 1.61. The van der Waals surface area contributed by atoms with Crippen LogP contribution >= 0.6 is 0 Å². The van der Waals surface area contributed by atoms with Crippen LogP contribution in [0.4, 0.5) is 0 Å². The number of aliphatic imine (C=N–C) groups is 1. The van der Waals surface area contributed by atoms with Gasteiger partial charge in [0.05, 0.1) is 0 Å². The Morgan fingerprint density at radius 1 is 1.12 bits per heavy atom. The molecule has 25 heavy (non-hydrogen) atoms. The zero-order chi connectivity index (χ0) is 17.6. The number of amides is 1. The highest BCUT2D eigenvalue weighted by Crippen LogP contribution is 2.18. The normalized spacial score (nSPS) is 14.0. The third-order valence-corrected chi connectivity index (χ3v) is 4.54. The molecule has 2 aromatic carbocycles. The highest BCUT2D eigenvalue weighted by Gasteiger charge is 2.18. The lowest BCUT2D eigenvalue weighted by molar-refractivity contribution is 0.0963. The zero-order valence-electron chi connectivity index (χ0n) is 14.7. The summed E-state index contributed by atoms with van der Waals surface area (Å²) in [6.07, 6.45) is 1.04. The lowest BCUT2D eigenvalue weighted by Crippen LogP contribution is -2.43. The lowest BCUT2D eigenvalue weighted by atomic mass is 10.0. The Morgan fingerprint density at radius 2 is 1.84 bits per heavy atom. The minimum atomic E-state index is -0.0673. The van der Waals surface area contributed by atoms with Crippen molar-refractivity contribution in [1.82, 2.24) is 15.5 Å². The molecule has 0 unspecified atom stereocenters. The van der Waals surface area contributed by atoms with Crippen LogP contribution in [0.2, 0.25) is 0 Å². The molecule has 0 fully saturated rings. The fourth-order valence-corrected chi connectivity index (χ4v) is 3.11. The first-order valence-corrected chi connectivity index (χ1v) is 8.54. The second-order valence-electron chi connectivity index (χ2n) is 6.12. The summed E-state index contributed by atoms with van der Waals surface area (Å²) in [4.78, 5) is 18.3. The number of hydrogen-bond acceptors (Lipinski definition) is 2. The standard InChI is InChI=1S/C20H24N4O/c1-21-19(25)17-9-7-15(8-10-17)13-23-20(22-2)24-12-11-16-5-3-4-6-18(16)14-24/h3-10H,11-14H2,1-2H3,(H,21,25)(H,22,23).